The van der Waals surface area contributed by atoms with Crippen molar-refractivity contribution in [1.29, 1.82) is 0 Å². The van der Waals surface area contributed by atoms with E-state index >= 15 is 0 Å². The van der Waals surface area contributed by atoms with Gasteiger partial charge >= 0.3 is 0 Å². The van der Waals surface area contributed by atoms with E-state index in [0.29, 0.717) is 0 Å². The number of hydrogen-bond donors (Lipinski definition) is 0. The zero-order valence-electron chi connectivity index (χ0n) is 45.4. The molecule has 2 aromatic heterocycles. The average molecular weight is 985 g/mol. The highest BCUT2D eigenvalue weighted by Gasteiger charge is 2.47. The van der Waals surface area contributed by atoms with Gasteiger partial charge < -0.3 is 14.0 Å². The molecule has 4 heterocycles. The third kappa shape index (κ3) is 5.47. The van der Waals surface area contributed by atoms with E-state index in [4.69, 9.17) is 0 Å². The third-order valence-corrected chi connectivity index (χ3v) is 18.5. The van der Waals surface area contributed by atoms with Crippen molar-refractivity contribution in [2.45, 2.75) is 59.8 Å². The number of fused-ring (bicyclic) bond motifs is 14. The van der Waals surface area contributed by atoms with Crippen molar-refractivity contribution in [1.82, 2.24) is 9.13 Å². The van der Waals surface area contributed by atoms with Gasteiger partial charge in [0, 0.05) is 56.6 Å². The van der Waals surface area contributed by atoms with Gasteiger partial charge in [-0.2, -0.15) is 0 Å². The molecule has 77 heavy (non-hydrogen) atoms. The SMILES string of the molecule is [2H]C(C)(C)c1ccc2c(c1)B1c3c(cc(-n4c5cccc6c5c5c7c(cccc7ccc54)-c4ccccc4-6)cc3-n3c4ccc(-c5c(C)cc(C)cc5C)cc4c4c5c(cc1c43)-c1ccccc1C5(C)C)N2c1ccccc1. The summed E-state index contributed by atoms with van der Waals surface area (Å²) in [6.07, 6.45) is 0. The minimum Gasteiger partial charge on any atom is -0.311 e. The highest BCUT2D eigenvalue weighted by atomic mass is 15.2. The van der Waals surface area contributed by atoms with E-state index in [1.165, 1.54) is 154 Å². The molecule has 0 atom stereocenters. The van der Waals surface area contributed by atoms with Crippen molar-refractivity contribution < 1.29 is 1.37 Å². The molecule has 11 aromatic carbocycles. The number of hydrogen-bond acceptors (Lipinski definition) is 1. The van der Waals surface area contributed by atoms with Gasteiger partial charge in [-0.15, -0.1) is 0 Å². The maximum Gasteiger partial charge on any atom is 0.252 e. The lowest BCUT2D eigenvalue weighted by atomic mass is 9.33. The molecule has 17 rings (SSSR count). The second kappa shape index (κ2) is 15.0. The normalized spacial score (nSPS) is 14.4. The Morgan fingerprint density at radius 2 is 1.16 bits per heavy atom. The molecule has 0 saturated heterocycles. The number of nitrogens with zero attached hydrogens (tertiary/aromatic N) is 3. The summed E-state index contributed by atoms with van der Waals surface area (Å²) in [4.78, 5) is 2.53. The molecule has 0 amide bonds. The summed E-state index contributed by atoms with van der Waals surface area (Å²) < 4.78 is 14.8. The predicted octanol–water partition coefficient (Wildman–Crippen LogP) is 17.3. The molecular formula is C73H54BN3. The van der Waals surface area contributed by atoms with E-state index in [-0.39, 0.29) is 12.1 Å². The number of anilines is 3. The Morgan fingerprint density at radius 1 is 0.481 bits per heavy atom. The van der Waals surface area contributed by atoms with Gasteiger partial charge in [0.2, 0.25) is 0 Å². The third-order valence-electron chi connectivity index (χ3n) is 18.5. The fraction of sp³-hybridized carbons (Fsp3) is 0.123. The van der Waals surface area contributed by atoms with Gasteiger partial charge in [0.1, 0.15) is 0 Å². The number of para-hydroxylation sites is 1. The molecular weight excluding hydrogens is 930 g/mol. The van der Waals surface area contributed by atoms with Gasteiger partial charge in [-0.25, -0.2) is 0 Å². The lowest BCUT2D eigenvalue weighted by Gasteiger charge is -2.41. The fourth-order valence-corrected chi connectivity index (χ4v) is 15.5. The lowest BCUT2D eigenvalue weighted by Crippen LogP contribution is -2.60. The minimum atomic E-state index is -0.815. The van der Waals surface area contributed by atoms with E-state index in [0.717, 1.165) is 22.6 Å². The topological polar surface area (TPSA) is 13.1 Å². The van der Waals surface area contributed by atoms with Crippen LogP contribution in [0.15, 0.2) is 194 Å². The molecule has 0 bridgehead atoms. The van der Waals surface area contributed by atoms with Crippen LogP contribution >= 0.6 is 0 Å². The Hall–Kier alpha value is -8.86. The molecule has 2 aliphatic heterocycles. The highest BCUT2D eigenvalue weighted by molar-refractivity contribution is 7.00. The largest absolute Gasteiger partial charge is 0.311 e. The molecule has 3 nitrogen and oxygen atoms in total. The summed E-state index contributed by atoms with van der Waals surface area (Å²) in [6.45, 7) is 15.6. The molecule has 4 heteroatoms. The molecule has 0 unspecified atom stereocenters. The van der Waals surface area contributed by atoms with Crippen LogP contribution in [0.3, 0.4) is 0 Å². The van der Waals surface area contributed by atoms with Crippen molar-refractivity contribution >= 4 is 94.5 Å². The summed E-state index contributed by atoms with van der Waals surface area (Å²) in [5.41, 5.74) is 32.1. The van der Waals surface area contributed by atoms with Gasteiger partial charge in [0.25, 0.3) is 6.71 Å². The Labute approximate surface area is 450 Å². The van der Waals surface area contributed by atoms with Crippen LogP contribution in [0, 0.1) is 20.8 Å². The van der Waals surface area contributed by atoms with Crippen molar-refractivity contribution in [3.8, 4) is 55.9 Å². The van der Waals surface area contributed by atoms with Crippen molar-refractivity contribution in [2.75, 3.05) is 4.90 Å². The predicted molar refractivity (Wildman–Crippen MR) is 328 cm³/mol. The van der Waals surface area contributed by atoms with E-state index < -0.39 is 5.89 Å². The maximum atomic E-state index is 9.53. The summed E-state index contributed by atoms with van der Waals surface area (Å²) in [5.74, 6) is -0.815. The summed E-state index contributed by atoms with van der Waals surface area (Å²) in [5, 5.41) is 7.77. The Kier molecular flexibility index (Phi) is 8.23. The van der Waals surface area contributed by atoms with Crippen LogP contribution in [-0.4, -0.2) is 15.8 Å². The van der Waals surface area contributed by atoms with Crippen molar-refractivity contribution in [2.24, 2.45) is 0 Å². The maximum absolute atomic E-state index is 9.53. The Bertz CT molecular complexity index is 4890. The molecule has 0 fully saturated rings. The Balaban J connectivity index is 1.07. The second-order valence-corrected chi connectivity index (χ2v) is 23.3. The smallest absolute Gasteiger partial charge is 0.252 e. The molecule has 0 spiro atoms. The monoisotopic (exact) mass is 984 g/mol. The highest BCUT2D eigenvalue weighted by Crippen LogP contribution is 2.56. The van der Waals surface area contributed by atoms with Crippen LogP contribution in [0.5, 0.6) is 0 Å². The van der Waals surface area contributed by atoms with Gasteiger partial charge in [-0.05, 0) is 181 Å². The van der Waals surface area contributed by atoms with Crippen LogP contribution in [-0.2, 0) is 5.41 Å². The van der Waals surface area contributed by atoms with E-state index in [2.05, 4.69) is 243 Å². The van der Waals surface area contributed by atoms with Gasteiger partial charge in [0.05, 0.1) is 22.2 Å². The van der Waals surface area contributed by atoms with Crippen LogP contribution in [0.2, 0.25) is 0 Å². The first-order valence-electron chi connectivity index (χ1n) is 28.0. The molecule has 0 N–H and O–H groups in total. The van der Waals surface area contributed by atoms with Gasteiger partial charge in [-0.3, -0.25) is 0 Å². The zero-order valence-corrected chi connectivity index (χ0v) is 44.4. The number of rotatable bonds is 4. The van der Waals surface area contributed by atoms with Crippen LogP contribution in [0.4, 0.5) is 17.1 Å². The van der Waals surface area contributed by atoms with Crippen molar-refractivity contribution in [3.05, 3.63) is 228 Å². The minimum absolute atomic E-state index is 0.138. The molecule has 13 aromatic rings. The molecule has 0 saturated carbocycles. The molecule has 0 radical (unpaired) electrons. The average Bonchev–Trinajstić information content (AvgIpc) is 3.14. The van der Waals surface area contributed by atoms with E-state index in [9.17, 15) is 1.37 Å². The first kappa shape index (κ1) is 42.4. The lowest BCUT2D eigenvalue weighted by molar-refractivity contribution is 0.666. The second-order valence-electron chi connectivity index (χ2n) is 23.3. The Morgan fingerprint density at radius 3 is 1.94 bits per heavy atom. The zero-order chi connectivity index (χ0) is 52.4. The molecule has 4 aliphatic rings. The van der Waals surface area contributed by atoms with Crippen LogP contribution < -0.4 is 21.3 Å². The van der Waals surface area contributed by atoms with Crippen LogP contribution in [0.25, 0.3) is 110 Å². The first-order valence-corrected chi connectivity index (χ1v) is 27.5. The molecule has 2 aliphatic carbocycles. The van der Waals surface area contributed by atoms with Crippen LogP contribution in [0.1, 0.15) is 68.3 Å². The molecule has 364 valence electrons. The fourth-order valence-electron chi connectivity index (χ4n) is 15.5. The van der Waals surface area contributed by atoms with Gasteiger partial charge in [0.15, 0.2) is 0 Å². The summed E-state index contributed by atoms with van der Waals surface area (Å²) in [7, 11) is 0. The first-order chi connectivity index (χ1) is 37.8. The quantitative estimate of drug-likeness (QED) is 0.160. The number of aryl methyl sites for hydroxylation is 3. The van der Waals surface area contributed by atoms with Crippen molar-refractivity contribution in [3.63, 3.8) is 0 Å². The number of benzene rings is 11. The summed E-state index contributed by atoms with van der Waals surface area (Å²) >= 11 is 0. The standard InChI is InChI=1S/C73H54BN3/c1-40(2)45-28-31-60-57(36-45)74-58-39-54-51-22-13-14-25-56(51)73(6,7)70(54)68-55-35-46(65-42(4)33-41(3)34-43(65)5)29-30-59(55)77(72(58)68)64-38-48(37-63(71(64)74)75(60)47-18-9-8-10-19-47)76-61-26-16-24-53-50-21-12-11-20-49(50)52-23-15-17-44-27-32-62(76)69(66(44)52)67(53)61/h8-40H,1-7H3/i40D. The summed E-state index contributed by atoms with van der Waals surface area (Å²) in [6, 6.07) is 74.2. The number of aromatic nitrogens is 2. The van der Waals surface area contributed by atoms with E-state index in [1.807, 2.05) is 13.8 Å². The van der Waals surface area contributed by atoms with Gasteiger partial charge in [-0.1, -0.05) is 173 Å². The van der Waals surface area contributed by atoms with E-state index in [1.54, 1.807) is 0 Å².